The number of aromatic hydroxyl groups is 1. The third-order valence-corrected chi connectivity index (χ3v) is 4.42. The van der Waals surface area contributed by atoms with Crippen LogP contribution in [0.4, 0.5) is 5.69 Å². The lowest BCUT2D eigenvalue weighted by Crippen LogP contribution is -2.12. The lowest BCUT2D eigenvalue weighted by atomic mass is 10.0. The van der Waals surface area contributed by atoms with Gasteiger partial charge in [0.2, 0.25) is 5.91 Å². The number of halogens is 2. The van der Waals surface area contributed by atoms with E-state index in [1.54, 1.807) is 12.1 Å². The van der Waals surface area contributed by atoms with Gasteiger partial charge in [0.15, 0.2) is 5.75 Å². The fourth-order valence-electron chi connectivity index (χ4n) is 2.55. The SMILES string of the molecule is CC(C)c1cc(Oc2c(Cl)cc(Cl)cc2NC(=O)CCCC(=O)O)ccc1O. The molecule has 2 aromatic carbocycles. The van der Waals surface area contributed by atoms with Gasteiger partial charge in [-0.05, 0) is 42.7 Å². The van der Waals surface area contributed by atoms with Gasteiger partial charge in [-0.25, -0.2) is 0 Å². The lowest BCUT2D eigenvalue weighted by Gasteiger charge is -2.16. The monoisotopic (exact) mass is 425 g/mol. The minimum Gasteiger partial charge on any atom is -0.508 e. The van der Waals surface area contributed by atoms with E-state index in [1.165, 1.54) is 18.2 Å². The molecule has 0 heterocycles. The molecule has 1 amide bonds. The van der Waals surface area contributed by atoms with E-state index in [0.717, 1.165) is 0 Å². The summed E-state index contributed by atoms with van der Waals surface area (Å²) in [6.45, 7) is 3.88. The van der Waals surface area contributed by atoms with Gasteiger partial charge >= 0.3 is 5.97 Å². The van der Waals surface area contributed by atoms with Gasteiger partial charge in [0.05, 0.1) is 10.7 Å². The van der Waals surface area contributed by atoms with Crippen molar-refractivity contribution in [2.24, 2.45) is 0 Å². The summed E-state index contributed by atoms with van der Waals surface area (Å²) in [6, 6.07) is 7.80. The smallest absolute Gasteiger partial charge is 0.303 e. The van der Waals surface area contributed by atoms with Crippen LogP contribution in [-0.4, -0.2) is 22.1 Å². The summed E-state index contributed by atoms with van der Waals surface area (Å²) in [5.74, 6) is -0.451. The zero-order chi connectivity index (χ0) is 20.8. The van der Waals surface area contributed by atoms with E-state index in [2.05, 4.69) is 5.32 Å². The number of carbonyl (C=O) groups is 2. The number of ether oxygens (including phenoxy) is 1. The van der Waals surface area contributed by atoms with E-state index < -0.39 is 5.97 Å². The number of phenols is 1. The first-order valence-corrected chi connectivity index (χ1v) is 9.44. The van der Waals surface area contributed by atoms with Crippen LogP contribution in [0.3, 0.4) is 0 Å². The number of carboxylic acid groups (broad SMARTS) is 1. The second kappa shape index (κ2) is 9.66. The Kier molecular flexibility index (Phi) is 7.54. The van der Waals surface area contributed by atoms with Gasteiger partial charge in [0.1, 0.15) is 11.5 Å². The maximum absolute atomic E-state index is 12.1. The topological polar surface area (TPSA) is 95.9 Å². The van der Waals surface area contributed by atoms with Crippen LogP contribution in [0.15, 0.2) is 30.3 Å². The number of rotatable bonds is 8. The third-order valence-electron chi connectivity index (χ3n) is 3.92. The number of hydrogen-bond acceptors (Lipinski definition) is 4. The molecule has 0 aliphatic carbocycles. The van der Waals surface area contributed by atoms with Crippen LogP contribution >= 0.6 is 23.2 Å². The van der Waals surface area contributed by atoms with Gasteiger partial charge in [-0.2, -0.15) is 0 Å². The van der Waals surface area contributed by atoms with Crippen LogP contribution in [0.25, 0.3) is 0 Å². The Balaban J connectivity index is 2.26. The summed E-state index contributed by atoms with van der Waals surface area (Å²) in [6.07, 6.45) is 0.145. The van der Waals surface area contributed by atoms with Gasteiger partial charge in [-0.3, -0.25) is 9.59 Å². The normalized spacial score (nSPS) is 10.8. The predicted octanol–water partition coefficient (Wildman–Crippen LogP) is 5.81. The van der Waals surface area contributed by atoms with Crippen LogP contribution < -0.4 is 10.1 Å². The standard InChI is InChI=1S/C20H21Cl2NO5/c1-11(2)14-10-13(6-7-17(14)24)28-20-15(22)8-12(21)9-16(20)23-18(25)4-3-5-19(26)27/h6-11,24H,3-5H2,1-2H3,(H,23,25)(H,26,27). The molecule has 0 fully saturated rings. The molecule has 0 aromatic heterocycles. The molecule has 3 N–H and O–H groups in total. The van der Waals surface area contributed by atoms with Crippen LogP contribution in [0, 0.1) is 0 Å². The number of nitrogens with one attached hydrogen (secondary N) is 1. The van der Waals surface area contributed by atoms with Crippen molar-refractivity contribution in [2.45, 2.75) is 39.0 Å². The van der Waals surface area contributed by atoms with Gasteiger partial charge < -0.3 is 20.3 Å². The quantitative estimate of drug-likeness (QED) is 0.495. The zero-order valence-corrected chi connectivity index (χ0v) is 17.0. The zero-order valence-electron chi connectivity index (χ0n) is 15.5. The summed E-state index contributed by atoms with van der Waals surface area (Å²) in [4.78, 5) is 22.7. The summed E-state index contributed by atoms with van der Waals surface area (Å²) in [7, 11) is 0. The van der Waals surface area contributed by atoms with Crippen LogP contribution in [0.2, 0.25) is 10.0 Å². The number of anilines is 1. The second-order valence-electron chi connectivity index (χ2n) is 6.54. The van der Waals surface area contributed by atoms with E-state index in [1.807, 2.05) is 13.8 Å². The maximum Gasteiger partial charge on any atom is 0.303 e. The summed E-state index contributed by atoms with van der Waals surface area (Å²) >= 11 is 12.3. The summed E-state index contributed by atoms with van der Waals surface area (Å²) < 4.78 is 5.87. The minimum absolute atomic E-state index is 0.0343. The number of hydrogen-bond donors (Lipinski definition) is 3. The molecule has 0 saturated heterocycles. The average molecular weight is 426 g/mol. The van der Waals surface area contributed by atoms with Crippen LogP contribution in [-0.2, 0) is 9.59 Å². The predicted molar refractivity (Wildman–Crippen MR) is 109 cm³/mol. The molecule has 0 radical (unpaired) electrons. The van der Waals surface area contributed by atoms with Crippen LogP contribution in [0.1, 0.15) is 44.6 Å². The molecule has 0 unspecified atom stereocenters. The Bertz CT molecular complexity index is 883. The maximum atomic E-state index is 12.1. The van der Waals surface area contributed by atoms with Crippen molar-refractivity contribution in [1.82, 2.24) is 0 Å². The largest absolute Gasteiger partial charge is 0.508 e. The van der Waals surface area contributed by atoms with Crippen molar-refractivity contribution >= 4 is 40.8 Å². The van der Waals surface area contributed by atoms with E-state index in [0.29, 0.717) is 16.3 Å². The minimum atomic E-state index is -0.962. The van der Waals surface area contributed by atoms with Crippen molar-refractivity contribution in [3.8, 4) is 17.2 Å². The molecule has 0 aliphatic heterocycles. The van der Waals surface area contributed by atoms with Crippen molar-refractivity contribution < 1.29 is 24.5 Å². The summed E-state index contributed by atoms with van der Waals surface area (Å²) in [5, 5.41) is 21.8. The molecule has 8 heteroatoms. The van der Waals surface area contributed by atoms with Crippen molar-refractivity contribution in [1.29, 1.82) is 0 Å². The molecule has 28 heavy (non-hydrogen) atoms. The molecule has 2 rings (SSSR count). The Morgan fingerprint density at radius 2 is 1.86 bits per heavy atom. The number of amides is 1. The van der Waals surface area contributed by atoms with Crippen LogP contribution in [0.5, 0.6) is 17.2 Å². The molecule has 0 bridgehead atoms. The van der Waals surface area contributed by atoms with E-state index in [4.69, 9.17) is 33.0 Å². The van der Waals surface area contributed by atoms with Crippen molar-refractivity contribution in [3.63, 3.8) is 0 Å². The number of aliphatic carboxylic acids is 1. The second-order valence-corrected chi connectivity index (χ2v) is 7.38. The molecular weight excluding hydrogens is 405 g/mol. The Morgan fingerprint density at radius 3 is 2.50 bits per heavy atom. The first-order valence-electron chi connectivity index (χ1n) is 8.68. The molecule has 150 valence electrons. The lowest BCUT2D eigenvalue weighted by molar-refractivity contribution is -0.137. The van der Waals surface area contributed by atoms with Crippen molar-refractivity contribution in [3.05, 3.63) is 45.9 Å². The Hall–Kier alpha value is -2.44. The molecule has 2 aromatic rings. The van der Waals surface area contributed by atoms with Gasteiger partial charge in [0, 0.05) is 23.4 Å². The Morgan fingerprint density at radius 1 is 1.14 bits per heavy atom. The molecule has 0 spiro atoms. The number of benzene rings is 2. The average Bonchev–Trinajstić information content (AvgIpc) is 2.58. The van der Waals surface area contributed by atoms with E-state index >= 15 is 0 Å². The van der Waals surface area contributed by atoms with Gasteiger partial charge in [-0.15, -0.1) is 0 Å². The van der Waals surface area contributed by atoms with Gasteiger partial charge in [0.25, 0.3) is 0 Å². The van der Waals surface area contributed by atoms with Crippen molar-refractivity contribution in [2.75, 3.05) is 5.32 Å². The highest BCUT2D eigenvalue weighted by molar-refractivity contribution is 6.36. The van der Waals surface area contributed by atoms with E-state index in [-0.39, 0.29) is 53.3 Å². The Labute approximate surface area is 173 Å². The molecule has 6 nitrogen and oxygen atoms in total. The van der Waals surface area contributed by atoms with Gasteiger partial charge in [-0.1, -0.05) is 37.0 Å². The number of phenolic OH excluding ortho intramolecular Hbond substituents is 1. The fraction of sp³-hybridized carbons (Fsp3) is 0.300. The highest BCUT2D eigenvalue weighted by atomic mass is 35.5. The number of carbonyl (C=O) groups excluding carboxylic acids is 1. The first kappa shape index (κ1) is 21.9. The number of carboxylic acids is 1. The molecule has 0 atom stereocenters. The fourth-order valence-corrected chi connectivity index (χ4v) is 3.08. The van der Waals surface area contributed by atoms with E-state index in [9.17, 15) is 14.7 Å². The molecule has 0 aliphatic rings. The highest BCUT2D eigenvalue weighted by Crippen LogP contribution is 2.40. The first-order chi connectivity index (χ1) is 13.2. The molecular formula is C20H21Cl2NO5. The highest BCUT2D eigenvalue weighted by Gasteiger charge is 2.16. The third kappa shape index (κ3) is 6.04. The molecule has 0 saturated carbocycles. The summed E-state index contributed by atoms with van der Waals surface area (Å²) in [5.41, 5.74) is 0.985.